The predicted octanol–water partition coefficient (Wildman–Crippen LogP) is 2.54. The summed E-state index contributed by atoms with van der Waals surface area (Å²) in [6.07, 6.45) is 10.2. The number of amidine groups is 1. The highest BCUT2D eigenvalue weighted by Gasteiger charge is 2.71. The molecule has 2 aliphatic heterocycles. The van der Waals surface area contributed by atoms with Crippen LogP contribution in [0.4, 0.5) is 10.1 Å². The lowest BCUT2D eigenvalue weighted by molar-refractivity contribution is -0.130. The molecule has 9 nitrogen and oxygen atoms in total. The van der Waals surface area contributed by atoms with Crippen LogP contribution in [0.25, 0.3) is 0 Å². The molecule has 3 aliphatic rings. The number of nitrogens with two attached hydrogens (primary N) is 1. The van der Waals surface area contributed by atoms with Crippen LogP contribution >= 0.6 is 11.8 Å². The number of fused-ring (bicyclic) bond motifs is 1. The highest BCUT2D eigenvalue weighted by atomic mass is 32.2. The summed E-state index contributed by atoms with van der Waals surface area (Å²) >= 11 is 1.29. The zero-order valence-corrected chi connectivity index (χ0v) is 20.5. The second-order valence-electron chi connectivity index (χ2n) is 9.23. The van der Waals surface area contributed by atoms with Crippen molar-refractivity contribution in [2.24, 2.45) is 16.6 Å². The minimum absolute atomic E-state index is 0.0365. The number of benzene rings is 1. The van der Waals surface area contributed by atoms with Crippen LogP contribution in [-0.2, 0) is 10.3 Å². The Balaban J connectivity index is 1.38. The molecule has 1 aromatic heterocycles. The van der Waals surface area contributed by atoms with Gasteiger partial charge in [-0.2, -0.15) is 0 Å². The molecule has 0 unspecified atom stereocenters. The molecule has 186 valence electrons. The number of aliphatic imine (C=N–C) groups is 1. The first-order chi connectivity index (χ1) is 17.3. The minimum Gasteiger partial charge on any atom is -0.463 e. The second-order valence-corrected chi connectivity index (χ2v) is 10.6. The highest BCUT2D eigenvalue weighted by molar-refractivity contribution is 8.15. The van der Waals surface area contributed by atoms with Gasteiger partial charge in [-0.3, -0.25) is 14.6 Å². The summed E-state index contributed by atoms with van der Waals surface area (Å²) in [4.78, 5) is 40.6. The molecule has 1 saturated heterocycles. The number of carbonyl (C=O) groups is 2. The van der Waals surface area contributed by atoms with Crippen molar-refractivity contribution >= 4 is 34.4 Å². The zero-order chi connectivity index (χ0) is 25.5. The van der Waals surface area contributed by atoms with Crippen LogP contribution in [0.1, 0.15) is 42.2 Å². The first-order valence-electron chi connectivity index (χ1n) is 11.6. The van der Waals surface area contributed by atoms with E-state index in [2.05, 4.69) is 26.2 Å². The van der Waals surface area contributed by atoms with E-state index in [4.69, 9.17) is 16.9 Å². The van der Waals surface area contributed by atoms with Crippen LogP contribution in [0.15, 0.2) is 35.6 Å². The molecule has 2 fully saturated rings. The Morgan fingerprint density at radius 2 is 2.11 bits per heavy atom. The summed E-state index contributed by atoms with van der Waals surface area (Å²) < 4.78 is 19.6. The van der Waals surface area contributed by atoms with Gasteiger partial charge in [0.2, 0.25) is 11.8 Å². The van der Waals surface area contributed by atoms with Crippen LogP contribution < -0.4 is 15.8 Å². The molecular formula is C25H25FN6O3S. The molecule has 0 spiro atoms. The van der Waals surface area contributed by atoms with Crippen LogP contribution in [0.2, 0.25) is 0 Å². The summed E-state index contributed by atoms with van der Waals surface area (Å²) in [5.41, 5.74) is 5.82. The van der Waals surface area contributed by atoms with E-state index in [0.717, 1.165) is 25.9 Å². The van der Waals surface area contributed by atoms with Crippen molar-refractivity contribution in [1.29, 1.82) is 0 Å². The molecule has 0 radical (unpaired) electrons. The number of amides is 2. The van der Waals surface area contributed by atoms with Crippen LogP contribution in [0.3, 0.4) is 0 Å². The number of ether oxygens (including phenoxy) is 1. The number of hydrogen-bond donors (Lipinski definition) is 2. The fourth-order valence-corrected chi connectivity index (χ4v) is 6.50. The van der Waals surface area contributed by atoms with E-state index in [1.165, 1.54) is 36.3 Å². The van der Waals surface area contributed by atoms with E-state index in [1.807, 2.05) is 4.90 Å². The lowest BCUT2D eigenvalue weighted by atomic mass is 9.85. The van der Waals surface area contributed by atoms with E-state index in [-0.39, 0.29) is 40.7 Å². The number of nitrogens with zero attached hydrogens (tertiary/aromatic N) is 4. The molecule has 0 bridgehead atoms. The normalized spacial score (nSPS) is 26.4. The van der Waals surface area contributed by atoms with Crippen molar-refractivity contribution in [3.8, 4) is 18.2 Å². The van der Waals surface area contributed by atoms with Gasteiger partial charge >= 0.3 is 0 Å². The van der Waals surface area contributed by atoms with Crippen molar-refractivity contribution < 1.29 is 18.7 Å². The average Bonchev–Trinajstić information content (AvgIpc) is 3.37. The van der Waals surface area contributed by atoms with E-state index in [9.17, 15) is 9.59 Å². The van der Waals surface area contributed by atoms with Crippen molar-refractivity contribution in [2.45, 2.75) is 36.5 Å². The fraction of sp³-hybridized carbons (Fsp3) is 0.400. The molecule has 3 N–H and O–H groups in total. The molecule has 1 aromatic carbocycles. The highest BCUT2D eigenvalue weighted by Crippen LogP contribution is 2.66. The maximum Gasteiger partial charge on any atom is 0.275 e. The SMILES string of the molecule is C#CCOc1cnc(C(=O)Nc2ccc(F)c([C@@]3(C)N=C(N)S[C@@]4(C(=O)N5CCCC5)C[C@H]43)c2)cn1. The number of terminal acetylenes is 1. The molecule has 1 saturated carbocycles. The molecule has 11 heteroatoms. The summed E-state index contributed by atoms with van der Waals surface area (Å²) in [7, 11) is 0. The summed E-state index contributed by atoms with van der Waals surface area (Å²) in [5.74, 6) is 1.35. The van der Waals surface area contributed by atoms with Gasteiger partial charge in [-0.05, 0) is 44.4 Å². The predicted molar refractivity (Wildman–Crippen MR) is 134 cm³/mol. The molecule has 2 aromatic rings. The van der Waals surface area contributed by atoms with Crippen LogP contribution in [0, 0.1) is 24.1 Å². The first kappa shape index (κ1) is 24.1. The Kier molecular flexibility index (Phi) is 6.08. The van der Waals surface area contributed by atoms with Crippen molar-refractivity contribution in [2.75, 3.05) is 25.0 Å². The van der Waals surface area contributed by atoms with Gasteiger partial charge in [0.25, 0.3) is 5.91 Å². The van der Waals surface area contributed by atoms with Gasteiger partial charge in [0.1, 0.15) is 16.3 Å². The molecule has 3 atom stereocenters. The monoisotopic (exact) mass is 508 g/mol. The lowest BCUT2D eigenvalue weighted by Crippen LogP contribution is -2.45. The molecule has 5 rings (SSSR count). The van der Waals surface area contributed by atoms with Gasteiger partial charge in [-0.25, -0.2) is 14.4 Å². The second kappa shape index (κ2) is 9.09. The summed E-state index contributed by atoms with van der Waals surface area (Å²) in [6, 6.07) is 4.28. The third-order valence-corrected chi connectivity index (χ3v) is 8.20. The molecular weight excluding hydrogens is 483 g/mol. The molecule has 2 amide bonds. The standard InChI is InChI=1S/C25H25FN6O3S/c1-3-10-35-20-14-28-18(13-29-20)21(33)30-15-6-7-17(26)16(11-15)24(2)19-12-25(19,36-23(27)31-24)22(34)32-8-4-5-9-32/h1,6-7,11,13-14,19H,4-5,8-10,12H2,2H3,(H2,27,31)(H,30,33)/t19-,24+,25-/m0/s1. The number of aromatic nitrogens is 2. The van der Waals surface area contributed by atoms with Gasteiger partial charge in [0.15, 0.2) is 11.8 Å². The van der Waals surface area contributed by atoms with Gasteiger partial charge in [0.05, 0.1) is 17.9 Å². The fourth-order valence-electron chi connectivity index (χ4n) is 5.05. The maximum absolute atomic E-state index is 15.2. The number of rotatable bonds is 6. The summed E-state index contributed by atoms with van der Waals surface area (Å²) in [6.45, 7) is 3.30. The number of thioether (sulfide) groups is 1. The number of anilines is 1. The lowest BCUT2D eigenvalue weighted by Gasteiger charge is -2.35. The smallest absolute Gasteiger partial charge is 0.275 e. The largest absolute Gasteiger partial charge is 0.463 e. The average molecular weight is 509 g/mol. The third kappa shape index (κ3) is 4.15. The Morgan fingerprint density at radius 3 is 2.81 bits per heavy atom. The van der Waals surface area contributed by atoms with E-state index >= 15 is 4.39 Å². The van der Waals surface area contributed by atoms with Gasteiger partial charge in [0, 0.05) is 30.3 Å². The third-order valence-electron chi connectivity index (χ3n) is 6.91. The quantitative estimate of drug-likeness (QED) is 0.575. The van der Waals surface area contributed by atoms with Crippen molar-refractivity contribution in [3.05, 3.63) is 47.7 Å². The Hall–Kier alpha value is -3.65. The van der Waals surface area contributed by atoms with E-state index in [1.54, 1.807) is 13.0 Å². The Bertz CT molecular complexity index is 1290. The maximum atomic E-state index is 15.2. The Morgan fingerprint density at radius 1 is 1.33 bits per heavy atom. The number of likely N-dealkylation sites (tertiary alicyclic amines) is 1. The van der Waals surface area contributed by atoms with Gasteiger partial charge in [-0.15, -0.1) is 6.42 Å². The van der Waals surface area contributed by atoms with Crippen LogP contribution in [-0.4, -0.2) is 56.3 Å². The topological polar surface area (TPSA) is 123 Å². The minimum atomic E-state index is -1.05. The van der Waals surface area contributed by atoms with Crippen molar-refractivity contribution in [3.63, 3.8) is 0 Å². The molecule has 3 heterocycles. The summed E-state index contributed by atoms with van der Waals surface area (Å²) in [5, 5.41) is 2.98. The number of carbonyl (C=O) groups excluding carboxylic acids is 2. The zero-order valence-electron chi connectivity index (χ0n) is 19.7. The van der Waals surface area contributed by atoms with Crippen molar-refractivity contribution in [1.82, 2.24) is 14.9 Å². The van der Waals surface area contributed by atoms with E-state index in [0.29, 0.717) is 12.1 Å². The number of hydrogen-bond acceptors (Lipinski definition) is 8. The number of nitrogens with one attached hydrogen (secondary N) is 1. The van der Waals surface area contributed by atoms with Gasteiger partial charge in [-0.1, -0.05) is 17.7 Å². The first-order valence-corrected chi connectivity index (χ1v) is 12.4. The van der Waals surface area contributed by atoms with Gasteiger partial charge < -0.3 is 20.7 Å². The molecule has 1 aliphatic carbocycles. The molecule has 36 heavy (non-hydrogen) atoms. The van der Waals surface area contributed by atoms with E-state index < -0.39 is 22.0 Å². The van der Waals surface area contributed by atoms with Crippen LogP contribution in [0.5, 0.6) is 5.88 Å². The Labute approximate surface area is 212 Å². The number of halogens is 1.